The number of ether oxygens (including phenoxy) is 9. The lowest BCUT2D eigenvalue weighted by Gasteiger charge is -2.24. The number of nitrogens with one attached hydrogen (secondary N) is 3. The second-order valence-corrected chi connectivity index (χ2v) is 30.9. The Balaban J connectivity index is 0.000000181. The largest absolute Gasteiger partial charge is 0.493 e. The minimum absolute atomic E-state index is 0. The Morgan fingerprint density at radius 2 is 0.647 bits per heavy atom. The maximum absolute atomic E-state index is 13.3. The molecule has 0 saturated heterocycles. The number of benzene rings is 9. The Kier molecular flexibility index (Phi) is 33.9. The molecule has 24 nitrogen and oxygen atoms in total. The van der Waals surface area contributed by atoms with E-state index in [0.29, 0.717) is 126 Å². The molecule has 0 unspecified atom stereocenters. The van der Waals surface area contributed by atoms with E-state index in [2.05, 4.69) is 16.0 Å². The number of Topliss-reactive ketones (excluding diaryl/α,β-unsaturated/α-hetero) is 4. The first kappa shape index (κ1) is 91.3. The third-order valence-corrected chi connectivity index (χ3v) is 20.4. The fourth-order valence-corrected chi connectivity index (χ4v) is 14.2. The minimum Gasteiger partial charge on any atom is -0.493 e. The summed E-state index contributed by atoms with van der Waals surface area (Å²) in [4.78, 5) is 88.4. The van der Waals surface area contributed by atoms with Gasteiger partial charge in [0.2, 0.25) is 5.91 Å². The number of rotatable bonds is 12. The summed E-state index contributed by atoms with van der Waals surface area (Å²) in [6, 6.07) is 58.4. The molecule has 0 aromatic heterocycles. The summed E-state index contributed by atoms with van der Waals surface area (Å²) in [5, 5.41) is 47.7. The predicted octanol–water partition coefficient (Wildman–Crippen LogP) is 13.6. The number of aliphatic hydroxyl groups is 4. The zero-order valence-corrected chi connectivity index (χ0v) is 69.1. The van der Waals surface area contributed by atoms with E-state index < -0.39 is 35.9 Å². The van der Waals surface area contributed by atoms with Crippen LogP contribution in [0, 0.1) is 23.7 Å². The van der Waals surface area contributed by atoms with Crippen LogP contribution in [0.3, 0.4) is 0 Å². The van der Waals surface area contributed by atoms with Gasteiger partial charge < -0.3 is 84.7 Å². The lowest BCUT2D eigenvalue weighted by molar-refractivity contribution is -0.127. The monoisotopic (exact) mass is 1650 g/mol. The number of carbonyl (C=O) groups excluding carboxylic acids is 7. The summed E-state index contributed by atoms with van der Waals surface area (Å²) < 4.78 is 51.0. The third kappa shape index (κ3) is 27.5. The quantitative estimate of drug-likeness (QED) is 0.0563. The number of hydrogen-bond donors (Lipinski definition) is 8. The topological polar surface area (TPSA) is 346 Å². The van der Waals surface area contributed by atoms with Gasteiger partial charge in [0.15, 0.2) is 63.3 Å². The van der Waals surface area contributed by atoms with Gasteiger partial charge in [-0.05, 0) is 250 Å². The number of carbonyl (C=O) groups is 7. The lowest BCUT2D eigenvalue weighted by atomic mass is 9.90. The highest BCUT2D eigenvalue weighted by Crippen LogP contribution is 2.39. The van der Waals surface area contributed by atoms with Crippen LogP contribution in [0.1, 0.15) is 108 Å². The second-order valence-electron chi connectivity index (χ2n) is 30.9. The van der Waals surface area contributed by atoms with Gasteiger partial charge in [-0.2, -0.15) is 0 Å². The van der Waals surface area contributed by atoms with Crippen molar-refractivity contribution in [2.45, 2.75) is 135 Å². The molecule has 17 rings (SSSR count). The van der Waals surface area contributed by atoms with Gasteiger partial charge in [0.05, 0.1) is 52.6 Å². The van der Waals surface area contributed by atoms with Crippen molar-refractivity contribution in [2.75, 3.05) is 54.9 Å². The molecule has 8 heterocycles. The van der Waals surface area contributed by atoms with Crippen molar-refractivity contribution in [1.82, 2.24) is 16.0 Å². The van der Waals surface area contributed by atoms with Crippen molar-refractivity contribution >= 4 is 53.4 Å². The molecule has 630 valence electrons. The number of amides is 3. The Morgan fingerprint density at radius 1 is 0.370 bits per heavy atom. The van der Waals surface area contributed by atoms with E-state index in [-0.39, 0.29) is 123 Å². The van der Waals surface area contributed by atoms with Crippen LogP contribution in [-0.4, -0.2) is 146 Å². The van der Waals surface area contributed by atoms with E-state index in [1.54, 1.807) is 73.5 Å². The molecular formula is C94H107ClN4O20. The molecule has 9 aromatic carbocycles. The molecule has 0 saturated carbocycles. The molecule has 9 N–H and O–H groups in total. The highest BCUT2D eigenvalue weighted by atomic mass is 35.5. The van der Waals surface area contributed by atoms with Crippen LogP contribution in [0.5, 0.6) is 69.0 Å². The number of ketones is 4. The van der Waals surface area contributed by atoms with E-state index in [9.17, 15) is 54.0 Å². The number of methoxy groups -OCH3 is 4. The maximum atomic E-state index is 13.3. The average molecular weight is 1650 g/mol. The van der Waals surface area contributed by atoms with Crippen LogP contribution in [0.25, 0.3) is 0 Å². The summed E-state index contributed by atoms with van der Waals surface area (Å²) in [7, 11) is 6.35. The zero-order chi connectivity index (χ0) is 84.4. The van der Waals surface area contributed by atoms with Crippen LogP contribution in [0.15, 0.2) is 200 Å². The molecule has 119 heavy (non-hydrogen) atoms. The zero-order valence-electron chi connectivity index (χ0n) is 68.3. The smallest absolute Gasteiger partial charge is 0.408 e. The molecule has 8 atom stereocenters. The van der Waals surface area contributed by atoms with Crippen LogP contribution in [0.2, 0.25) is 0 Å². The summed E-state index contributed by atoms with van der Waals surface area (Å²) >= 11 is 0. The average Bonchev–Trinajstić information content (AvgIpc) is 0.842. The van der Waals surface area contributed by atoms with Crippen LogP contribution in [0.4, 0.5) is 4.79 Å². The van der Waals surface area contributed by atoms with E-state index in [1.807, 2.05) is 176 Å². The Labute approximate surface area is 700 Å². The fraction of sp³-hybridized carbons (Fsp3) is 0.351. The predicted molar refractivity (Wildman–Crippen MR) is 452 cm³/mol. The Bertz CT molecular complexity index is 4870. The SMILES string of the molecule is COc1ccc2cc1Oc1ccc(cc1)C[C@H](N)C(=O)C[C@H](CO)C2.COc1ccc2cc1Oc1ccc(cc1)C[C@H](NC(=O)OC(C)(C)C)C(=O)C[C@H](CO)C2.COc1ccc2cc1Oc1ccc(cc1)C[C@H](NC(=O)c1ccccc1)C(=O)C[C@H](CO)C2.COc1ccc2cc1Oc1ccc(cc1)C[C@H](NC(C)=O)C(=O)C[C@H](CO)C2.Cl. The molecule has 25 heteroatoms. The van der Waals surface area contributed by atoms with Gasteiger partial charge in [-0.25, -0.2) is 4.79 Å². The van der Waals surface area contributed by atoms with Crippen molar-refractivity contribution in [3.05, 3.63) is 250 Å². The molecule has 0 aliphatic carbocycles. The Morgan fingerprint density at radius 3 is 0.933 bits per heavy atom. The van der Waals surface area contributed by atoms with Crippen LogP contribution >= 0.6 is 12.4 Å². The van der Waals surface area contributed by atoms with E-state index >= 15 is 0 Å². The summed E-state index contributed by atoms with van der Waals surface area (Å²) in [6.07, 6.45) is 3.69. The molecule has 8 aliphatic rings. The van der Waals surface area contributed by atoms with Crippen molar-refractivity contribution in [1.29, 1.82) is 0 Å². The third-order valence-electron chi connectivity index (χ3n) is 20.4. The first-order valence-corrected chi connectivity index (χ1v) is 39.5. The van der Waals surface area contributed by atoms with Crippen molar-refractivity contribution in [3.63, 3.8) is 0 Å². The lowest BCUT2D eigenvalue weighted by Crippen LogP contribution is -2.45. The second kappa shape index (κ2) is 44.2. The molecule has 16 bridgehead atoms. The van der Waals surface area contributed by atoms with Crippen LogP contribution in [-0.2, 0) is 80.1 Å². The van der Waals surface area contributed by atoms with Crippen molar-refractivity contribution in [2.24, 2.45) is 29.4 Å². The number of fused-ring (bicyclic) bond motifs is 28. The Hall–Kier alpha value is -11.6. The molecule has 0 fully saturated rings. The van der Waals surface area contributed by atoms with E-state index in [0.717, 1.165) is 44.5 Å². The van der Waals surface area contributed by atoms with Crippen molar-refractivity contribution in [3.8, 4) is 69.0 Å². The molecular weight excluding hydrogens is 1540 g/mol. The molecule has 8 aliphatic heterocycles. The summed E-state index contributed by atoms with van der Waals surface area (Å²) in [6.45, 7) is 6.24. The number of alkyl carbamates (subject to hydrolysis) is 1. The van der Waals surface area contributed by atoms with Gasteiger partial charge in [-0.15, -0.1) is 12.4 Å². The van der Waals surface area contributed by atoms with Gasteiger partial charge in [-0.3, -0.25) is 28.8 Å². The molecule has 9 aromatic rings. The van der Waals surface area contributed by atoms with Gasteiger partial charge in [0, 0.05) is 64.6 Å². The number of nitrogens with two attached hydrogens (primary N) is 1. The molecule has 3 amide bonds. The minimum atomic E-state index is -0.764. The van der Waals surface area contributed by atoms with Crippen LogP contribution < -0.4 is 59.6 Å². The summed E-state index contributed by atoms with van der Waals surface area (Å²) in [5.41, 5.74) is 13.3. The first-order chi connectivity index (χ1) is 56.8. The van der Waals surface area contributed by atoms with E-state index in [1.165, 1.54) is 6.92 Å². The van der Waals surface area contributed by atoms with Crippen molar-refractivity contribution < 1.29 is 96.6 Å². The number of hydrogen-bond acceptors (Lipinski definition) is 21. The van der Waals surface area contributed by atoms with Gasteiger partial charge >= 0.3 is 6.09 Å². The van der Waals surface area contributed by atoms with Gasteiger partial charge in [0.1, 0.15) is 34.4 Å². The van der Waals surface area contributed by atoms with E-state index in [4.69, 9.17) is 48.4 Å². The van der Waals surface area contributed by atoms with Gasteiger partial charge in [0.25, 0.3) is 5.91 Å². The normalized spacial score (nSPS) is 19.1. The highest BCUT2D eigenvalue weighted by Gasteiger charge is 2.31. The molecule has 0 spiro atoms. The molecule has 0 radical (unpaired) electrons. The van der Waals surface area contributed by atoms with Gasteiger partial charge in [-0.1, -0.05) is 91.0 Å². The summed E-state index contributed by atoms with van der Waals surface area (Å²) in [5.74, 6) is 5.53. The fourth-order valence-electron chi connectivity index (χ4n) is 14.2. The maximum Gasteiger partial charge on any atom is 0.408 e. The first-order valence-electron chi connectivity index (χ1n) is 39.5. The number of halogens is 1. The number of aliphatic hydroxyl groups excluding tert-OH is 4. The highest BCUT2D eigenvalue weighted by molar-refractivity contribution is 5.98. The standard InChI is InChI=1S/C27H27NO5.C25H31NO6.C22H25NO5.C20H23NO4.ClH/c1-32-25-12-9-19-13-20(17-29)15-24(30)23(28-27(31)21-5-3-2-4-6-21)14-18-7-10-22(11-8-18)33-26(25)16-19;1-25(2,3)32-24(29)26-20-12-16-5-8-19(9-6-16)31-23-14-17(7-10-22(23)30-4)11-18(15-27)13-21(20)28;1-14(25)23-19-10-15-3-6-18(7-4-15)28-22-12-16(5-8-21(22)27-2)9-17(13-24)11-20(19)26;1-24-19-7-4-14-8-15(12-22)10-18(23)17(21)9-13-2-5-16(6-3-13)25-20(19)11-14;/h2-12,16,20,23,29H,13-15,17H2,1H3,(H,28,31);5-10,14,18,20,27H,11-13,15H2,1-4H3,(H,26,29);3-8,12,17,19,24H,9-11,13H2,1-2H3,(H,23,25);2-7,11,15,17,22H,8-10,12,21H2,1H3;1H/t20-,23+;18-,20+;17-,19+;15-,17+;/m1111./s1.